The molecule has 2 nitrogen and oxygen atoms in total. The summed E-state index contributed by atoms with van der Waals surface area (Å²) in [7, 11) is 0. The zero-order valence-electron chi connectivity index (χ0n) is 8.60. The average Bonchev–Trinajstić information content (AvgIpc) is 2.30. The van der Waals surface area contributed by atoms with E-state index in [4.69, 9.17) is 0 Å². The second kappa shape index (κ2) is 5.02. The van der Waals surface area contributed by atoms with Crippen LogP contribution in [0.2, 0.25) is 0 Å². The molecule has 0 aliphatic rings. The Morgan fingerprint density at radius 3 is 1.24 bits per heavy atom. The Bertz CT molecular complexity index is 565. The first-order chi connectivity index (χ1) is 8.00. The molecule has 0 atom stereocenters. The SMILES string of the molecule is O=[Se](=O)(c1ccc(Br)cc1)c1ccc(Br)cc1. The summed E-state index contributed by atoms with van der Waals surface area (Å²) in [5, 5.41) is 0. The van der Waals surface area contributed by atoms with Gasteiger partial charge in [-0.05, 0) is 0 Å². The molecule has 88 valence electrons. The van der Waals surface area contributed by atoms with Gasteiger partial charge in [0.05, 0.1) is 0 Å². The maximum absolute atomic E-state index is 12.3. The van der Waals surface area contributed by atoms with Gasteiger partial charge in [-0.1, -0.05) is 0 Å². The molecule has 0 bridgehead atoms. The summed E-state index contributed by atoms with van der Waals surface area (Å²) in [5.74, 6) is 0. The van der Waals surface area contributed by atoms with Crippen molar-refractivity contribution in [1.29, 1.82) is 0 Å². The van der Waals surface area contributed by atoms with E-state index in [0.29, 0.717) is 8.92 Å². The van der Waals surface area contributed by atoms with Crippen LogP contribution in [0.4, 0.5) is 0 Å². The van der Waals surface area contributed by atoms with Crippen LogP contribution in [0.1, 0.15) is 0 Å². The predicted octanol–water partition coefficient (Wildman–Crippen LogP) is 2.63. The third kappa shape index (κ3) is 2.86. The Labute approximate surface area is 118 Å². The summed E-state index contributed by atoms with van der Waals surface area (Å²) in [6.07, 6.45) is 0. The molecule has 0 radical (unpaired) electrons. The summed E-state index contributed by atoms with van der Waals surface area (Å²) in [6.45, 7) is 0. The van der Waals surface area contributed by atoms with Crippen LogP contribution in [0.3, 0.4) is 0 Å². The van der Waals surface area contributed by atoms with Crippen LogP contribution in [0.15, 0.2) is 57.5 Å². The minimum absolute atomic E-state index is 0.367. The van der Waals surface area contributed by atoms with Gasteiger partial charge in [-0.15, -0.1) is 0 Å². The van der Waals surface area contributed by atoms with Crippen molar-refractivity contribution in [1.82, 2.24) is 0 Å². The zero-order chi connectivity index (χ0) is 12.5. The Morgan fingerprint density at radius 2 is 0.941 bits per heavy atom. The molecule has 2 rings (SSSR count). The van der Waals surface area contributed by atoms with Crippen LogP contribution in [0, 0.1) is 0 Å². The van der Waals surface area contributed by atoms with Crippen molar-refractivity contribution in [3.63, 3.8) is 0 Å². The molecule has 17 heavy (non-hydrogen) atoms. The van der Waals surface area contributed by atoms with Gasteiger partial charge in [0.2, 0.25) is 0 Å². The van der Waals surface area contributed by atoms with Crippen molar-refractivity contribution in [2.45, 2.75) is 0 Å². The van der Waals surface area contributed by atoms with E-state index in [9.17, 15) is 7.67 Å². The van der Waals surface area contributed by atoms with Gasteiger partial charge in [0.15, 0.2) is 0 Å². The molecular weight excluding hydrogens is 415 g/mol. The summed E-state index contributed by atoms with van der Waals surface area (Å²) >= 11 is 2.33. The molecule has 0 saturated heterocycles. The molecule has 0 heterocycles. The van der Waals surface area contributed by atoms with E-state index in [1.54, 1.807) is 48.5 Å². The van der Waals surface area contributed by atoms with E-state index in [0.717, 1.165) is 8.95 Å². The third-order valence-corrected chi connectivity index (χ3v) is 7.05. The van der Waals surface area contributed by atoms with Crippen LogP contribution in [-0.2, 0) is 7.67 Å². The van der Waals surface area contributed by atoms with Gasteiger partial charge >= 0.3 is 119 Å². The second-order valence-corrected chi connectivity index (χ2v) is 9.33. The average molecular weight is 423 g/mol. The van der Waals surface area contributed by atoms with E-state index in [1.165, 1.54) is 0 Å². The van der Waals surface area contributed by atoms with Crippen molar-refractivity contribution in [2.24, 2.45) is 0 Å². The van der Waals surface area contributed by atoms with Crippen molar-refractivity contribution in [2.75, 3.05) is 0 Å². The van der Waals surface area contributed by atoms with Gasteiger partial charge < -0.3 is 0 Å². The van der Waals surface area contributed by atoms with Gasteiger partial charge in [0, 0.05) is 0 Å². The number of benzene rings is 2. The fourth-order valence-electron chi connectivity index (χ4n) is 1.36. The van der Waals surface area contributed by atoms with E-state index in [1.807, 2.05) is 0 Å². The first-order valence-corrected chi connectivity index (χ1v) is 9.46. The molecule has 0 aliphatic carbocycles. The fraction of sp³-hybridized carbons (Fsp3) is 0. The van der Waals surface area contributed by atoms with Crippen molar-refractivity contribution >= 4 is 53.5 Å². The number of hydrogen-bond acceptors (Lipinski definition) is 2. The molecule has 0 spiro atoms. The van der Waals surface area contributed by atoms with Gasteiger partial charge in [0.25, 0.3) is 0 Å². The quantitative estimate of drug-likeness (QED) is 0.697. The zero-order valence-corrected chi connectivity index (χ0v) is 13.5. The van der Waals surface area contributed by atoms with Crippen LogP contribution < -0.4 is 8.92 Å². The molecule has 0 aliphatic heterocycles. The molecule has 2 aromatic carbocycles. The van der Waals surface area contributed by atoms with Crippen LogP contribution >= 0.6 is 31.9 Å². The molecule has 0 fully saturated rings. The standard InChI is InChI=1S/C12H8Br2O2Se/c13-9-1-5-11(6-2-9)17(15,16)12-7-3-10(14)4-8-12/h1-8H. The predicted molar refractivity (Wildman–Crippen MR) is 74.7 cm³/mol. The fourth-order valence-corrected chi connectivity index (χ4v) is 4.54. The minimum atomic E-state index is -4.24. The molecule has 0 saturated carbocycles. The van der Waals surface area contributed by atoms with Crippen molar-refractivity contribution in [3.05, 3.63) is 57.5 Å². The summed E-state index contributed by atoms with van der Waals surface area (Å²) in [5.41, 5.74) is 0. The van der Waals surface area contributed by atoms with Gasteiger partial charge in [-0.25, -0.2) is 0 Å². The topological polar surface area (TPSA) is 34.1 Å². The molecule has 0 aromatic heterocycles. The van der Waals surface area contributed by atoms with Crippen LogP contribution in [-0.4, -0.2) is 12.7 Å². The first-order valence-electron chi connectivity index (χ1n) is 4.76. The Balaban J connectivity index is 2.50. The van der Waals surface area contributed by atoms with E-state index in [-0.39, 0.29) is 0 Å². The van der Waals surface area contributed by atoms with Crippen molar-refractivity contribution < 1.29 is 7.67 Å². The number of rotatable bonds is 2. The molecule has 0 N–H and O–H groups in total. The summed E-state index contributed by atoms with van der Waals surface area (Å²) in [6, 6.07) is 13.4. The number of hydrogen-bond donors (Lipinski definition) is 0. The summed E-state index contributed by atoms with van der Waals surface area (Å²) < 4.78 is 27.1. The molecule has 0 unspecified atom stereocenters. The second-order valence-electron chi connectivity index (χ2n) is 3.41. The molecule has 5 heteroatoms. The normalized spacial score (nSPS) is 11.4. The van der Waals surface area contributed by atoms with Crippen LogP contribution in [0.25, 0.3) is 0 Å². The Kier molecular flexibility index (Phi) is 3.83. The van der Waals surface area contributed by atoms with Gasteiger partial charge in [0.1, 0.15) is 0 Å². The third-order valence-electron chi connectivity index (χ3n) is 2.25. The molecular formula is C12H8Br2O2Se. The Morgan fingerprint density at radius 1 is 0.647 bits per heavy atom. The Hall–Kier alpha value is -0.481. The van der Waals surface area contributed by atoms with Crippen LogP contribution in [0.5, 0.6) is 0 Å². The first kappa shape index (κ1) is 13.0. The summed E-state index contributed by atoms with van der Waals surface area (Å²) in [4.78, 5) is 0. The molecule has 2 aromatic rings. The maximum atomic E-state index is 12.3. The van der Waals surface area contributed by atoms with E-state index >= 15 is 0 Å². The van der Waals surface area contributed by atoms with Crippen molar-refractivity contribution in [3.8, 4) is 0 Å². The van der Waals surface area contributed by atoms with E-state index in [2.05, 4.69) is 31.9 Å². The number of halogens is 2. The van der Waals surface area contributed by atoms with Gasteiger partial charge in [-0.3, -0.25) is 0 Å². The molecule has 0 amide bonds. The monoisotopic (exact) mass is 422 g/mol. The van der Waals surface area contributed by atoms with E-state index < -0.39 is 12.7 Å². The van der Waals surface area contributed by atoms with Gasteiger partial charge in [-0.2, -0.15) is 0 Å².